The van der Waals surface area contributed by atoms with Gasteiger partial charge in [0.05, 0.1) is 6.04 Å². The van der Waals surface area contributed by atoms with Crippen molar-refractivity contribution < 1.29 is 14.7 Å². The Hall–Kier alpha value is -2.95. The Morgan fingerprint density at radius 3 is 2.54 bits per heavy atom. The predicted molar refractivity (Wildman–Crippen MR) is 100.0 cm³/mol. The third kappa shape index (κ3) is 4.36. The third-order valence-corrected chi connectivity index (χ3v) is 4.56. The van der Waals surface area contributed by atoms with Crippen molar-refractivity contribution in [3.05, 3.63) is 71.6 Å². The molecule has 3 rings (SSSR count). The summed E-state index contributed by atoms with van der Waals surface area (Å²) in [6.45, 7) is 0.654. The summed E-state index contributed by atoms with van der Waals surface area (Å²) in [7, 11) is 0. The standard InChI is InChI=1S/C21H22N2O3/c24-20(18-11-7-12-19(22-18)21(25)26)23-15-6-2-5-10-17(23)14-13-16-8-3-1-4-9-16/h1,3-4,7-9,11-14,17H,2,5-6,10,15H2,(H,25,26)/b14-13+. The number of hydrogen-bond donors (Lipinski definition) is 1. The first-order valence-electron chi connectivity index (χ1n) is 8.90. The molecule has 2 aromatic rings. The van der Waals surface area contributed by atoms with E-state index < -0.39 is 5.97 Å². The quantitative estimate of drug-likeness (QED) is 0.908. The van der Waals surface area contributed by atoms with E-state index in [0.717, 1.165) is 31.2 Å². The summed E-state index contributed by atoms with van der Waals surface area (Å²) in [4.78, 5) is 30.0. The van der Waals surface area contributed by atoms with Gasteiger partial charge >= 0.3 is 5.97 Å². The van der Waals surface area contributed by atoms with Crippen LogP contribution >= 0.6 is 0 Å². The van der Waals surface area contributed by atoms with E-state index in [4.69, 9.17) is 5.11 Å². The molecule has 1 aliphatic heterocycles. The molecule has 5 nitrogen and oxygen atoms in total. The zero-order chi connectivity index (χ0) is 18.4. The van der Waals surface area contributed by atoms with Crippen LogP contribution in [0.15, 0.2) is 54.6 Å². The first-order chi connectivity index (χ1) is 12.6. The number of likely N-dealkylation sites (tertiary alicyclic amines) is 1. The molecule has 1 aromatic carbocycles. The molecule has 0 saturated carbocycles. The van der Waals surface area contributed by atoms with Crippen LogP contribution < -0.4 is 0 Å². The van der Waals surface area contributed by atoms with E-state index in [0.29, 0.717) is 6.54 Å². The smallest absolute Gasteiger partial charge is 0.354 e. The van der Waals surface area contributed by atoms with E-state index in [2.05, 4.69) is 11.1 Å². The van der Waals surface area contributed by atoms with Gasteiger partial charge in [-0.25, -0.2) is 9.78 Å². The lowest BCUT2D eigenvalue weighted by Crippen LogP contribution is -2.39. The molecule has 1 atom stereocenters. The summed E-state index contributed by atoms with van der Waals surface area (Å²) in [5.74, 6) is -1.34. The van der Waals surface area contributed by atoms with Crippen LogP contribution in [0.1, 0.15) is 52.2 Å². The molecular formula is C21H22N2O3. The van der Waals surface area contributed by atoms with Crippen molar-refractivity contribution in [2.24, 2.45) is 0 Å². The molecule has 1 unspecified atom stereocenters. The van der Waals surface area contributed by atoms with E-state index in [9.17, 15) is 9.59 Å². The molecule has 0 radical (unpaired) electrons. The second kappa shape index (κ2) is 8.43. The van der Waals surface area contributed by atoms with Crippen LogP contribution in [0.2, 0.25) is 0 Å². The van der Waals surface area contributed by atoms with Gasteiger partial charge in [0.1, 0.15) is 11.4 Å². The molecule has 134 valence electrons. The van der Waals surface area contributed by atoms with Gasteiger partial charge in [-0.3, -0.25) is 4.79 Å². The number of aromatic nitrogens is 1. The van der Waals surface area contributed by atoms with Gasteiger partial charge in [0.15, 0.2) is 0 Å². The summed E-state index contributed by atoms with van der Waals surface area (Å²) < 4.78 is 0. The SMILES string of the molecule is O=C(O)c1cccc(C(=O)N2CCCCCC2/C=C/c2ccccc2)n1. The molecule has 0 bridgehead atoms. The fourth-order valence-corrected chi connectivity index (χ4v) is 3.19. The molecule has 1 saturated heterocycles. The van der Waals surface area contributed by atoms with Crippen LogP contribution in [0, 0.1) is 0 Å². The van der Waals surface area contributed by atoms with E-state index >= 15 is 0 Å². The number of amides is 1. The Balaban J connectivity index is 1.84. The van der Waals surface area contributed by atoms with Crippen molar-refractivity contribution in [1.82, 2.24) is 9.88 Å². The first kappa shape index (κ1) is 17.9. The summed E-state index contributed by atoms with van der Waals surface area (Å²) in [5.41, 5.74) is 1.17. The number of rotatable bonds is 4. The van der Waals surface area contributed by atoms with E-state index in [1.165, 1.54) is 6.07 Å². The van der Waals surface area contributed by atoms with Crippen LogP contribution in [-0.2, 0) is 0 Å². The number of carboxylic acids is 1. The molecule has 5 heteroatoms. The minimum absolute atomic E-state index is 0.0134. The lowest BCUT2D eigenvalue weighted by atomic mass is 10.1. The number of nitrogens with zero attached hydrogens (tertiary/aromatic N) is 2. The highest BCUT2D eigenvalue weighted by molar-refractivity contribution is 5.94. The minimum Gasteiger partial charge on any atom is -0.477 e. The Kier molecular flexibility index (Phi) is 5.79. The molecule has 1 aliphatic rings. The third-order valence-electron chi connectivity index (χ3n) is 4.56. The van der Waals surface area contributed by atoms with Crippen LogP contribution in [0.4, 0.5) is 0 Å². The number of aromatic carboxylic acids is 1. The molecule has 2 heterocycles. The Labute approximate surface area is 153 Å². The maximum absolute atomic E-state index is 13.0. The number of carbonyl (C=O) groups excluding carboxylic acids is 1. The van der Waals surface area contributed by atoms with Crippen LogP contribution in [0.5, 0.6) is 0 Å². The maximum Gasteiger partial charge on any atom is 0.354 e. The lowest BCUT2D eigenvalue weighted by Gasteiger charge is -2.27. The second-order valence-electron chi connectivity index (χ2n) is 6.40. The Morgan fingerprint density at radius 1 is 1.00 bits per heavy atom. The highest BCUT2D eigenvalue weighted by atomic mass is 16.4. The maximum atomic E-state index is 13.0. The average Bonchev–Trinajstić information content (AvgIpc) is 2.92. The highest BCUT2D eigenvalue weighted by Gasteiger charge is 2.26. The van der Waals surface area contributed by atoms with Crippen LogP contribution in [0.3, 0.4) is 0 Å². The fraction of sp³-hybridized carbons (Fsp3) is 0.286. The lowest BCUT2D eigenvalue weighted by molar-refractivity contribution is 0.0688. The van der Waals surface area contributed by atoms with Crippen molar-refractivity contribution >= 4 is 18.0 Å². The number of pyridine rings is 1. The van der Waals surface area contributed by atoms with Crippen molar-refractivity contribution in [2.75, 3.05) is 6.54 Å². The van der Waals surface area contributed by atoms with Crippen LogP contribution in [-0.4, -0.2) is 39.5 Å². The molecule has 1 N–H and O–H groups in total. The number of benzene rings is 1. The van der Waals surface area contributed by atoms with Gasteiger partial charge in [-0.05, 0) is 30.5 Å². The van der Waals surface area contributed by atoms with Gasteiger partial charge in [0, 0.05) is 6.54 Å². The molecular weight excluding hydrogens is 328 g/mol. The van der Waals surface area contributed by atoms with Gasteiger partial charge in [-0.15, -0.1) is 0 Å². The van der Waals surface area contributed by atoms with E-state index in [-0.39, 0.29) is 23.3 Å². The average molecular weight is 350 g/mol. The summed E-state index contributed by atoms with van der Waals surface area (Å²) in [5, 5.41) is 9.11. The number of carboxylic acid groups (broad SMARTS) is 1. The normalized spacial score (nSPS) is 17.8. The topological polar surface area (TPSA) is 70.5 Å². The van der Waals surface area contributed by atoms with Crippen molar-refractivity contribution in [1.29, 1.82) is 0 Å². The molecule has 0 aliphatic carbocycles. The van der Waals surface area contributed by atoms with E-state index in [1.807, 2.05) is 41.3 Å². The van der Waals surface area contributed by atoms with Gasteiger partial charge < -0.3 is 10.0 Å². The van der Waals surface area contributed by atoms with Gasteiger partial charge in [0.2, 0.25) is 0 Å². The zero-order valence-corrected chi connectivity index (χ0v) is 14.5. The van der Waals surface area contributed by atoms with Crippen LogP contribution in [0.25, 0.3) is 6.08 Å². The Bertz CT molecular complexity index is 802. The molecule has 26 heavy (non-hydrogen) atoms. The first-order valence-corrected chi connectivity index (χ1v) is 8.90. The number of carbonyl (C=O) groups is 2. The van der Waals surface area contributed by atoms with Gasteiger partial charge in [-0.1, -0.05) is 61.4 Å². The highest BCUT2D eigenvalue weighted by Crippen LogP contribution is 2.21. The predicted octanol–water partition coefficient (Wildman–Crippen LogP) is 3.88. The summed E-state index contributed by atoms with van der Waals surface area (Å²) in [6.07, 6.45) is 8.10. The molecule has 1 fully saturated rings. The minimum atomic E-state index is -1.13. The number of hydrogen-bond acceptors (Lipinski definition) is 3. The summed E-state index contributed by atoms with van der Waals surface area (Å²) >= 11 is 0. The van der Waals surface area contributed by atoms with Crippen molar-refractivity contribution in [3.63, 3.8) is 0 Å². The van der Waals surface area contributed by atoms with E-state index in [1.54, 1.807) is 12.1 Å². The summed E-state index contributed by atoms with van der Waals surface area (Å²) in [6, 6.07) is 14.5. The second-order valence-corrected chi connectivity index (χ2v) is 6.40. The molecule has 1 aromatic heterocycles. The zero-order valence-electron chi connectivity index (χ0n) is 14.5. The fourth-order valence-electron chi connectivity index (χ4n) is 3.19. The largest absolute Gasteiger partial charge is 0.477 e. The molecule has 1 amide bonds. The monoisotopic (exact) mass is 350 g/mol. The Morgan fingerprint density at radius 2 is 1.77 bits per heavy atom. The van der Waals surface area contributed by atoms with Crippen molar-refractivity contribution in [3.8, 4) is 0 Å². The van der Waals surface area contributed by atoms with Gasteiger partial charge in [0.25, 0.3) is 5.91 Å². The molecule has 0 spiro atoms. The van der Waals surface area contributed by atoms with Crippen molar-refractivity contribution in [2.45, 2.75) is 31.7 Å². The van der Waals surface area contributed by atoms with Gasteiger partial charge in [-0.2, -0.15) is 0 Å².